The number of hydrogen-bond acceptors (Lipinski definition) is 2. The van der Waals surface area contributed by atoms with E-state index >= 15 is 0 Å². The Morgan fingerprint density at radius 3 is 2.88 bits per heavy atom. The molecule has 1 heterocycles. The van der Waals surface area contributed by atoms with Crippen LogP contribution in [0.25, 0.3) is 0 Å². The monoisotopic (exact) mass is 297 g/mol. The van der Waals surface area contributed by atoms with Gasteiger partial charge >= 0.3 is 0 Å². The topological polar surface area (TPSA) is 29.5 Å². The van der Waals surface area contributed by atoms with Crippen LogP contribution in [0.1, 0.15) is 12.0 Å². The van der Waals surface area contributed by atoms with Crippen LogP contribution in [0.4, 0.5) is 5.69 Å². The summed E-state index contributed by atoms with van der Waals surface area (Å²) < 4.78 is 5.32. The molecular formula is C13H16BrNO2. The average molecular weight is 298 g/mol. The predicted molar refractivity (Wildman–Crippen MR) is 72.0 cm³/mol. The third-order valence-corrected chi connectivity index (χ3v) is 3.96. The van der Waals surface area contributed by atoms with Crippen molar-refractivity contribution in [3.05, 3.63) is 23.8 Å². The maximum absolute atomic E-state index is 12.0. The number of nitrogens with zero attached hydrogens (tertiary/aromatic N) is 1. The zero-order valence-electron chi connectivity index (χ0n) is 10.1. The van der Waals surface area contributed by atoms with Crippen LogP contribution < -0.4 is 9.64 Å². The summed E-state index contributed by atoms with van der Waals surface area (Å²) in [4.78, 5) is 13.8. The highest BCUT2D eigenvalue weighted by Crippen LogP contribution is 2.34. The van der Waals surface area contributed by atoms with Gasteiger partial charge in [0.25, 0.3) is 0 Å². The van der Waals surface area contributed by atoms with Gasteiger partial charge in [-0.2, -0.15) is 0 Å². The molecule has 1 aliphatic heterocycles. The maximum atomic E-state index is 12.0. The van der Waals surface area contributed by atoms with E-state index in [1.54, 1.807) is 7.11 Å². The molecule has 0 aliphatic carbocycles. The highest BCUT2D eigenvalue weighted by molar-refractivity contribution is 9.09. The summed E-state index contributed by atoms with van der Waals surface area (Å²) in [6, 6.07) is 5.91. The van der Waals surface area contributed by atoms with E-state index in [1.807, 2.05) is 30.0 Å². The standard InChI is InChI=1S/C13H16BrNO2/c1-9-3-4-12(17-2)11(5-9)15-8-10(7-14)6-13(15)16/h3-5,10H,6-8H2,1-2H3. The van der Waals surface area contributed by atoms with Gasteiger partial charge in [0.1, 0.15) is 5.75 Å². The molecule has 1 amide bonds. The molecule has 92 valence electrons. The SMILES string of the molecule is COc1ccc(C)cc1N1CC(CBr)CC1=O. The second-order valence-corrected chi connectivity index (χ2v) is 5.05. The summed E-state index contributed by atoms with van der Waals surface area (Å²) in [5, 5.41) is 0.864. The van der Waals surface area contributed by atoms with Gasteiger partial charge in [0.15, 0.2) is 0 Å². The van der Waals surface area contributed by atoms with E-state index in [0.717, 1.165) is 28.9 Å². The fraction of sp³-hybridized carbons (Fsp3) is 0.462. The van der Waals surface area contributed by atoms with Crippen LogP contribution in [-0.2, 0) is 4.79 Å². The molecule has 0 spiro atoms. The molecule has 1 aliphatic rings. The van der Waals surface area contributed by atoms with Crippen LogP contribution in [0.2, 0.25) is 0 Å². The second kappa shape index (κ2) is 5.08. The lowest BCUT2D eigenvalue weighted by Gasteiger charge is -2.20. The summed E-state index contributed by atoms with van der Waals surface area (Å²) >= 11 is 3.44. The van der Waals surface area contributed by atoms with Gasteiger partial charge in [-0.25, -0.2) is 0 Å². The van der Waals surface area contributed by atoms with Gasteiger partial charge in [0, 0.05) is 18.3 Å². The number of anilines is 1. The van der Waals surface area contributed by atoms with Crippen molar-refractivity contribution in [2.45, 2.75) is 13.3 Å². The molecule has 2 rings (SSSR count). The minimum absolute atomic E-state index is 0.179. The van der Waals surface area contributed by atoms with Gasteiger partial charge in [-0.15, -0.1) is 0 Å². The van der Waals surface area contributed by atoms with Crippen molar-refractivity contribution >= 4 is 27.5 Å². The number of hydrogen-bond donors (Lipinski definition) is 0. The average Bonchev–Trinajstić information content (AvgIpc) is 2.70. The second-order valence-electron chi connectivity index (χ2n) is 4.40. The van der Waals surface area contributed by atoms with E-state index in [4.69, 9.17) is 4.74 Å². The summed E-state index contributed by atoms with van der Waals surface area (Å²) in [6.45, 7) is 2.79. The number of amides is 1. The molecule has 1 fully saturated rings. The molecular weight excluding hydrogens is 282 g/mol. The predicted octanol–water partition coefficient (Wildman–Crippen LogP) is 2.75. The first-order chi connectivity index (χ1) is 8.15. The van der Waals surface area contributed by atoms with Crippen molar-refractivity contribution < 1.29 is 9.53 Å². The van der Waals surface area contributed by atoms with Crippen LogP contribution in [0, 0.1) is 12.8 Å². The number of rotatable bonds is 3. The number of methoxy groups -OCH3 is 1. The lowest BCUT2D eigenvalue weighted by Crippen LogP contribution is -2.25. The maximum Gasteiger partial charge on any atom is 0.227 e. The van der Waals surface area contributed by atoms with E-state index in [-0.39, 0.29) is 5.91 Å². The molecule has 0 radical (unpaired) electrons. The van der Waals surface area contributed by atoms with Crippen LogP contribution in [0.5, 0.6) is 5.75 Å². The van der Waals surface area contributed by atoms with Crippen molar-refractivity contribution in [3.8, 4) is 5.75 Å². The Morgan fingerprint density at radius 1 is 1.53 bits per heavy atom. The Labute approximate surface area is 110 Å². The van der Waals surface area contributed by atoms with Gasteiger partial charge in [0.05, 0.1) is 12.8 Å². The Kier molecular flexibility index (Phi) is 3.72. The van der Waals surface area contributed by atoms with Crippen LogP contribution >= 0.6 is 15.9 Å². The van der Waals surface area contributed by atoms with Crippen molar-refractivity contribution in [2.24, 2.45) is 5.92 Å². The van der Waals surface area contributed by atoms with E-state index in [9.17, 15) is 4.79 Å². The highest BCUT2D eigenvalue weighted by Gasteiger charge is 2.31. The third kappa shape index (κ3) is 2.46. The van der Waals surface area contributed by atoms with E-state index in [1.165, 1.54) is 0 Å². The number of aryl methyl sites for hydroxylation is 1. The van der Waals surface area contributed by atoms with Crippen LogP contribution in [0.15, 0.2) is 18.2 Å². The molecule has 1 aromatic carbocycles. The minimum Gasteiger partial charge on any atom is -0.495 e. The first kappa shape index (κ1) is 12.4. The number of carbonyl (C=O) groups excluding carboxylic acids is 1. The summed E-state index contributed by atoms with van der Waals surface area (Å²) in [5.41, 5.74) is 2.02. The molecule has 1 aromatic rings. The van der Waals surface area contributed by atoms with Crippen molar-refractivity contribution in [3.63, 3.8) is 0 Å². The normalized spacial score (nSPS) is 19.8. The van der Waals surface area contributed by atoms with Crippen molar-refractivity contribution in [2.75, 3.05) is 23.9 Å². The van der Waals surface area contributed by atoms with Gasteiger partial charge in [-0.05, 0) is 30.5 Å². The summed E-state index contributed by atoms with van der Waals surface area (Å²) in [6.07, 6.45) is 0.613. The minimum atomic E-state index is 0.179. The smallest absolute Gasteiger partial charge is 0.227 e. The summed E-state index contributed by atoms with van der Waals surface area (Å²) in [5.74, 6) is 1.34. The molecule has 0 bridgehead atoms. The summed E-state index contributed by atoms with van der Waals surface area (Å²) in [7, 11) is 1.64. The molecule has 1 atom stereocenters. The Hall–Kier alpha value is -1.03. The zero-order valence-corrected chi connectivity index (χ0v) is 11.7. The fourth-order valence-corrected chi connectivity index (χ4v) is 2.56. The first-order valence-corrected chi connectivity index (χ1v) is 6.79. The van der Waals surface area contributed by atoms with Crippen LogP contribution in [-0.4, -0.2) is 24.9 Å². The molecule has 3 nitrogen and oxygen atoms in total. The molecule has 4 heteroatoms. The number of benzene rings is 1. The molecule has 0 aromatic heterocycles. The Bertz CT molecular complexity index is 433. The van der Waals surface area contributed by atoms with Crippen molar-refractivity contribution in [1.29, 1.82) is 0 Å². The number of alkyl halides is 1. The molecule has 0 N–H and O–H groups in total. The van der Waals surface area contributed by atoms with E-state index in [2.05, 4.69) is 15.9 Å². The zero-order chi connectivity index (χ0) is 12.4. The fourth-order valence-electron chi connectivity index (χ4n) is 2.13. The largest absolute Gasteiger partial charge is 0.495 e. The number of carbonyl (C=O) groups is 1. The highest BCUT2D eigenvalue weighted by atomic mass is 79.9. The third-order valence-electron chi connectivity index (χ3n) is 3.05. The molecule has 0 saturated carbocycles. The first-order valence-electron chi connectivity index (χ1n) is 5.66. The number of ether oxygens (including phenoxy) is 1. The molecule has 1 unspecified atom stereocenters. The van der Waals surface area contributed by atoms with Crippen LogP contribution in [0.3, 0.4) is 0 Å². The van der Waals surface area contributed by atoms with Gasteiger partial charge in [-0.3, -0.25) is 4.79 Å². The van der Waals surface area contributed by atoms with Gasteiger partial charge in [-0.1, -0.05) is 22.0 Å². The Balaban J connectivity index is 2.33. The lowest BCUT2D eigenvalue weighted by atomic mass is 10.1. The van der Waals surface area contributed by atoms with Gasteiger partial charge in [0.2, 0.25) is 5.91 Å². The van der Waals surface area contributed by atoms with E-state index < -0.39 is 0 Å². The molecule has 17 heavy (non-hydrogen) atoms. The Morgan fingerprint density at radius 2 is 2.29 bits per heavy atom. The quantitative estimate of drug-likeness (QED) is 0.803. The van der Waals surface area contributed by atoms with Gasteiger partial charge < -0.3 is 9.64 Å². The lowest BCUT2D eigenvalue weighted by molar-refractivity contribution is -0.117. The molecule has 1 saturated heterocycles. The number of halogens is 1. The van der Waals surface area contributed by atoms with E-state index in [0.29, 0.717) is 12.3 Å². The van der Waals surface area contributed by atoms with Crippen molar-refractivity contribution in [1.82, 2.24) is 0 Å².